The fraction of sp³-hybridized carbons (Fsp3) is 0.118. The molecule has 0 saturated heterocycles. The molecular formula is C17H14ClN3O3. The number of para-hydroxylation sites is 2. The number of carbonyl (C=O) groups excluding carboxylic acids is 1. The Morgan fingerprint density at radius 3 is 2.75 bits per heavy atom. The van der Waals surface area contributed by atoms with Gasteiger partial charge in [-0.1, -0.05) is 23.7 Å². The average Bonchev–Trinajstić information content (AvgIpc) is 2.85. The highest BCUT2D eigenvalue weighted by atomic mass is 35.5. The number of carbonyl (C=O) groups is 2. The Morgan fingerprint density at radius 2 is 2.00 bits per heavy atom. The molecule has 122 valence electrons. The van der Waals surface area contributed by atoms with Crippen molar-refractivity contribution in [2.24, 2.45) is 0 Å². The van der Waals surface area contributed by atoms with E-state index >= 15 is 0 Å². The van der Waals surface area contributed by atoms with Gasteiger partial charge in [0.05, 0.1) is 21.6 Å². The van der Waals surface area contributed by atoms with Crippen LogP contribution in [0.5, 0.6) is 0 Å². The van der Waals surface area contributed by atoms with Gasteiger partial charge in [0.15, 0.2) is 0 Å². The van der Waals surface area contributed by atoms with E-state index in [0.717, 1.165) is 16.9 Å². The van der Waals surface area contributed by atoms with Crippen LogP contribution in [-0.4, -0.2) is 26.5 Å². The summed E-state index contributed by atoms with van der Waals surface area (Å²) in [6, 6.07) is 11.9. The van der Waals surface area contributed by atoms with Crippen molar-refractivity contribution in [3.05, 3.63) is 58.9 Å². The molecule has 0 aliphatic carbocycles. The molecule has 0 saturated carbocycles. The number of aryl methyl sites for hydroxylation is 1. The summed E-state index contributed by atoms with van der Waals surface area (Å²) in [5, 5.41) is 11.9. The molecule has 0 fully saturated rings. The first-order valence-electron chi connectivity index (χ1n) is 7.20. The van der Waals surface area contributed by atoms with Gasteiger partial charge in [0.1, 0.15) is 12.4 Å². The second-order valence-electron chi connectivity index (χ2n) is 5.28. The first-order valence-corrected chi connectivity index (χ1v) is 7.58. The third kappa shape index (κ3) is 3.09. The molecule has 0 spiro atoms. The maximum absolute atomic E-state index is 12.3. The highest BCUT2D eigenvalue weighted by Crippen LogP contribution is 2.21. The second kappa shape index (κ2) is 6.33. The van der Waals surface area contributed by atoms with Crippen LogP contribution in [0.25, 0.3) is 11.0 Å². The Kier molecular flexibility index (Phi) is 4.22. The van der Waals surface area contributed by atoms with E-state index in [1.54, 1.807) is 10.6 Å². The number of hydrogen-bond acceptors (Lipinski definition) is 3. The normalized spacial score (nSPS) is 10.8. The summed E-state index contributed by atoms with van der Waals surface area (Å²) in [6.45, 7) is 1.91. The molecule has 24 heavy (non-hydrogen) atoms. The number of halogens is 1. The Labute approximate surface area is 142 Å². The summed E-state index contributed by atoms with van der Waals surface area (Å²) < 4.78 is 1.80. The zero-order valence-corrected chi connectivity index (χ0v) is 13.5. The molecule has 0 unspecified atom stereocenters. The molecule has 0 aliphatic rings. The van der Waals surface area contributed by atoms with E-state index in [2.05, 4.69) is 10.3 Å². The number of carboxylic acids is 1. The molecule has 3 rings (SSSR count). The van der Waals surface area contributed by atoms with Crippen LogP contribution in [0.2, 0.25) is 5.02 Å². The smallest absolute Gasteiger partial charge is 0.337 e. The van der Waals surface area contributed by atoms with Crippen LogP contribution in [0.4, 0.5) is 5.69 Å². The first-order chi connectivity index (χ1) is 11.5. The van der Waals surface area contributed by atoms with E-state index in [1.807, 2.05) is 31.2 Å². The van der Waals surface area contributed by atoms with E-state index < -0.39 is 5.97 Å². The quantitative estimate of drug-likeness (QED) is 0.761. The third-order valence-electron chi connectivity index (χ3n) is 3.63. The second-order valence-corrected chi connectivity index (χ2v) is 5.69. The molecule has 1 heterocycles. The monoisotopic (exact) mass is 343 g/mol. The van der Waals surface area contributed by atoms with E-state index in [-0.39, 0.29) is 23.0 Å². The highest BCUT2D eigenvalue weighted by molar-refractivity contribution is 6.33. The molecule has 2 aromatic carbocycles. The molecule has 0 bridgehead atoms. The lowest BCUT2D eigenvalue weighted by molar-refractivity contribution is -0.116. The number of anilines is 1. The number of aromatic carboxylic acids is 1. The molecule has 0 atom stereocenters. The number of benzene rings is 2. The summed E-state index contributed by atoms with van der Waals surface area (Å²) in [5.74, 6) is -0.693. The topological polar surface area (TPSA) is 84.2 Å². The summed E-state index contributed by atoms with van der Waals surface area (Å²) in [5.41, 5.74) is 2.01. The number of aromatic nitrogens is 2. The predicted octanol–water partition coefficient (Wildman–Crippen LogP) is 3.34. The maximum Gasteiger partial charge on any atom is 0.337 e. The van der Waals surface area contributed by atoms with E-state index in [0.29, 0.717) is 5.69 Å². The molecule has 1 amide bonds. The number of fused-ring (bicyclic) bond motifs is 1. The Morgan fingerprint density at radius 1 is 1.25 bits per heavy atom. The van der Waals surface area contributed by atoms with Gasteiger partial charge in [-0.3, -0.25) is 4.79 Å². The standard InChI is InChI=1S/C17H14ClN3O3/c1-10-19-14-4-2-3-5-15(14)21(10)9-16(22)20-11-6-7-13(18)12(8-11)17(23)24/h2-8H,9H2,1H3,(H,20,22)(H,23,24). The van der Waals surface area contributed by atoms with Crippen LogP contribution in [0.3, 0.4) is 0 Å². The van der Waals surface area contributed by atoms with E-state index in [4.69, 9.17) is 16.7 Å². The largest absolute Gasteiger partial charge is 0.478 e. The molecule has 7 heteroatoms. The maximum atomic E-state index is 12.3. The molecule has 3 aromatic rings. The van der Waals surface area contributed by atoms with Crippen LogP contribution in [0.15, 0.2) is 42.5 Å². The van der Waals surface area contributed by atoms with Gasteiger partial charge < -0.3 is 15.0 Å². The molecule has 0 radical (unpaired) electrons. The van der Waals surface area contributed by atoms with Crippen LogP contribution >= 0.6 is 11.6 Å². The Hall–Kier alpha value is -2.86. The predicted molar refractivity (Wildman–Crippen MR) is 91.5 cm³/mol. The zero-order valence-electron chi connectivity index (χ0n) is 12.8. The number of carboxylic acid groups (broad SMARTS) is 1. The molecule has 1 aromatic heterocycles. The molecular weight excluding hydrogens is 330 g/mol. The van der Waals surface area contributed by atoms with E-state index in [1.165, 1.54) is 12.1 Å². The Balaban J connectivity index is 1.82. The summed E-state index contributed by atoms with van der Waals surface area (Å²) >= 11 is 5.82. The zero-order chi connectivity index (χ0) is 17.3. The van der Waals surface area contributed by atoms with Crippen molar-refractivity contribution in [3.63, 3.8) is 0 Å². The third-order valence-corrected chi connectivity index (χ3v) is 3.96. The van der Waals surface area contributed by atoms with Gasteiger partial charge in [-0.05, 0) is 37.3 Å². The molecule has 0 aliphatic heterocycles. The van der Waals surface area contributed by atoms with Gasteiger partial charge in [-0.25, -0.2) is 9.78 Å². The number of hydrogen-bond donors (Lipinski definition) is 2. The lowest BCUT2D eigenvalue weighted by Crippen LogP contribution is -2.19. The van der Waals surface area contributed by atoms with Gasteiger partial charge in [0, 0.05) is 5.69 Å². The summed E-state index contributed by atoms with van der Waals surface area (Å²) in [4.78, 5) is 27.8. The van der Waals surface area contributed by atoms with Crippen molar-refractivity contribution in [3.8, 4) is 0 Å². The van der Waals surface area contributed by atoms with Crippen LogP contribution in [0.1, 0.15) is 16.2 Å². The minimum atomic E-state index is -1.15. The van der Waals surface area contributed by atoms with Crippen molar-refractivity contribution in [1.29, 1.82) is 0 Å². The van der Waals surface area contributed by atoms with Gasteiger partial charge in [0.25, 0.3) is 0 Å². The lowest BCUT2D eigenvalue weighted by atomic mass is 10.2. The fourth-order valence-corrected chi connectivity index (χ4v) is 2.70. The SMILES string of the molecule is Cc1nc2ccccc2n1CC(=O)Nc1ccc(Cl)c(C(=O)O)c1. The molecule has 2 N–H and O–H groups in total. The van der Waals surface area contributed by atoms with Gasteiger partial charge in [-0.2, -0.15) is 0 Å². The van der Waals surface area contributed by atoms with Gasteiger partial charge in [-0.15, -0.1) is 0 Å². The van der Waals surface area contributed by atoms with Crippen molar-refractivity contribution in [2.45, 2.75) is 13.5 Å². The highest BCUT2D eigenvalue weighted by Gasteiger charge is 2.13. The van der Waals surface area contributed by atoms with Crippen LogP contribution in [0, 0.1) is 6.92 Å². The van der Waals surface area contributed by atoms with Gasteiger partial charge in [0.2, 0.25) is 5.91 Å². The number of amides is 1. The Bertz CT molecular complexity index is 949. The van der Waals surface area contributed by atoms with Crippen LogP contribution in [-0.2, 0) is 11.3 Å². The number of nitrogens with one attached hydrogen (secondary N) is 1. The molecule has 6 nitrogen and oxygen atoms in total. The fourth-order valence-electron chi connectivity index (χ4n) is 2.51. The minimum absolute atomic E-state index is 0.0567. The number of nitrogens with zero attached hydrogens (tertiary/aromatic N) is 2. The van der Waals surface area contributed by atoms with Crippen molar-refractivity contribution >= 4 is 40.2 Å². The van der Waals surface area contributed by atoms with Crippen molar-refractivity contribution in [2.75, 3.05) is 5.32 Å². The van der Waals surface area contributed by atoms with Gasteiger partial charge >= 0.3 is 5.97 Å². The van der Waals surface area contributed by atoms with Crippen molar-refractivity contribution < 1.29 is 14.7 Å². The number of rotatable bonds is 4. The van der Waals surface area contributed by atoms with Crippen LogP contribution < -0.4 is 5.32 Å². The minimum Gasteiger partial charge on any atom is -0.478 e. The van der Waals surface area contributed by atoms with Crippen molar-refractivity contribution in [1.82, 2.24) is 9.55 Å². The summed E-state index contributed by atoms with van der Waals surface area (Å²) in [6.07, 6.45) is 0. The lowest BCUT2D eigenvalue weighted by Gasteiger charge is -2.09. The number of imidazole rings is 1. The summed E-state index contributed by atoms with van der Waals surface area (Å²) in [7, 11) is 0. The first kappa shape index (κ1) is 16.0. The average molecular weight is 344 g/mol. The van der Waals surface area contributed by atoms with E-state index in [9.17, 15) is 9.59 Å².